The molecule has 8 aromatic rings. The third-order valence-corrected chi connectivity index (χ3v) is 9.78. The predicted molar refractivity (Wildman–Crippen MR) is 207 cm³/mol. The number of benzene rings is 7. The zero-order chi connectivity index (χ0) is 35.3. The van der Waals surface area contributed by atoms with Gasteiger partial charge in [0.1, 0.15) is 0 Å². The van der Waals surface area contributed by atoms with Crippen molar-refractivity contribution in [2.75, 3.05) is 4.90 Å². The molecule has 1 aliphatic heterocycles. The van der Waals surface area contributed by atoms with E-state index in [1.165, 1.54) is 4.90 Å². The number of para-hydroxylation sites is 3. The van der Waals surface area contributed by atoms with E-state index in [-0.39, 0.29) is 0 Å². The summed E-state index contributed by atoms with van der Waals surface area (Å²) in [6.07, 6.45) is 0. The van der Waals surface area contributed by atoms with E-state index in [2.05, 4.69) is 9.69 Å². The lowest BCUT2D eigenvalue weighted by molar-refractivity contribution is 0.0926. The molecule has 1 aromatic heterocycles. The maximum Gasteiger partial charge on any atom is 0.268 e. The number of imide groups is 1. The third-order valence-electron chi connectivity index (χ3n) is 9.78. The summed E-state index contributed by atoms with van der Waals surface area (Å²) in [5, 5.41) is 1.90. The van der Waals surface area contributed by atoms with Gasteiger partial charge in [0, 0.05) is 21.9 Å². The maximum absolute atomic E-state index is 15.1. The van der Waals surface area contributed by atoms with Crippen molar-refractivity contribution in [1.29, 1.82) is 0 Å². The number of hydrogen-bond acceptors (Lipinski definition) is 2. The van der Waals surface area contributed by atoms with Crippen LogP contribution in [0.1, 0.15) is 20.7 Å². The van der Waals surface area contributed by atoms with Crippen LogP contribution >= 0.6 is 0 Å². The maximum atomic E-state index is 15.1. The first-order valence-corrected chi connectivity index (χ1v) is 16.8. The molecule has 6 heteroatoms. The molecule has 242 valence electrons. The second-order valence-corrected chi connectivity index (χ2v) is 12.6. The number of aromatic nitrogens is 1. The standard InChI is InChI=1S/C46H26N4O2/c1-47-31-26-27-34(39(28-31)48-2)36-21-12-22-37-35-18-9-10-24-40(35)49(44(36)37)41-25-13-23-38-42(41)46(52)50(45(38)51)43-32(29-14-5-3-6-15-29)19-11-20-33(43)30-16-7-4-8-17-30/h3-28H. The lowest BCUT2D eigenvalue weighted by Crippen LogP contribution is -2.30. The molecular weight excluding hydrogens is 641 g/mol. The van der Waals surface area contributed by atoms with Crippen molar-refractivity contribution in [2.45, 2.75) is 0 Å². The molecule has 0 saturated heterocycles. The second kappa shape index (κ2) is 12.1. The molecule has 1 aliphatic rings. The van der Waals surface area contributed by atoms with Gasteiger partial charge in [0.25, 0.3) is 11.8 Å². The second-order valence-electron chi connectivity index (χ2n) is 12.6. The molecule has 0 fully saturated rings. The first kappa shape index (κ1) is 30.5. The Morgan fingerprint density at radius 1 is 0.481 bits per heavy atom. The van der Waals surface area contributed by atoms with Gasteiger partial charge >= 0.3 is 0 Å². The van der Waals surface area contributed by atoms with Crippen molar-refractivity contribution in [3.8, 4) is 39.1 Å². The van der Waals surface area contributed by atoms with E-state index < -0.39 is 11.8 Å². The molecule has 0 atom stereocenters. The Bertz CT molecular complexity index is 2800. The first-order valence-electron chi connectivity index (χ1n) is 16.8. The van der Waals surface area contributed by atoms with Gasteiger partial charge in [-0.05, 0) is 40.5 Å². The van der Waals surface area contributed by atoms with Crippen LogP contribution < -0.4 is 4.90 Å². The number of nitrogens with zero attached hydrogens (tertiary/aromatic N) is 4. The van der Waals surface area contributed by atoms with Crippen LogP contribution in [0.3, 0.4) is 0 Å². The molecule has 0 spiro atoms. The molecule has 0 bridgehead atoms. The largest absolute Gasteiger partial charge is 0.308 e. The van der Waals surface area contributed by atoms with Gasteiger partial charge < -0.3 is 4.57 Å². The molecule has 0 N–H and O–H groups in total. The molecule has 6 nitrogen and oxygen atoms in total. The van der Waals surface area contributed by atoms with Gasteiger partial charge in [-0.25, -0.2) is 14.6 Å². The minimum atomic E-state index is -0.414. The fourth-order valence-corrected chi connectivity index (χ4v) is 7.54. The Morgan fingerprint density at radius 2 is 1.08 bits per heavy atom. The van der Waals surface area contributed by atoms with Crippen molar-refractivity contribution in [3.63, 3.8) is 0 Å². The summed E-state index contributed by atoms with van der Waals surface area (Å²) in [5.74, 6) is -0.809. The van der Waals surface area contributed by atoms with Crippen LogP contribution in [0.25, 0.3) is 70.6 Å². The van der Waals surface area contributed by atoms with Gasteiger partial charge in [0.2, 0.25) is 0 Å². The molecule has 0 aliphatic carbocycles. The van der Waals surface area contributed by atoms with Gasteiger partial charge in [0.15, 0.2) is 11.4 Å². The van der Waals surface area contributed by atoms with E-state index in [1.807, 2.05) is 144 Å². The molecule has 0 saturated carbocycles. The summed E-state index contributed by atoms with van der Waals surface area (Å²) < 4.78 is 2.05. The average Bonchev–Trinajstić information content (AvgIpc) is 3.68. The van der Waals surface area contributed by atoms with E-state index in [0.717, 1.165) is 49.6 Å². The summed E-state index contributed by atoms with van der Waals surface area (Å²) in [6, 6.07) is 50.0. The van der Waals surface area contributed by atoms with Gasteiger partial charge in [-0.1, -0.05) is 140 Å². The van der Waals surface area contributed by atoms with Gasteiger partial charge in [-0.15, -0.1) is 0 Å². The van der Waals surface area contributed by atoms with Crippen molar-refractivity contribution in [3.05, 3.63) is 192 Å². The number of carbonyl (C=O) groups excluding carboxylic acids is 2. The van der Waals surface area contributed by atoms with Crippen molar-refractivity contribution in [1.82, 2.24) is 4.57 Å². The van der Waals surface area contributed by atoms with E-state index in [0.29, 0.717) is 39.4 Å². The summed E-state index contributed by atoms with van der Waals surface area (Å²) in [5.41, 5.74) is 8.89. The SMILES string of the molecule is [C-]#[N+]c1ccc(-c2cccc3c4ccccc4n(-c4cccc5c4C(=O)N(c4c(-c6ccccc6)cccc4-c4ccccc4)C5=O)c23)c([N+]#[C-])c1. The molecule has 52 heavy (non-hydrogen) atoms. The van der Waals surface area contributed by atoms with Crippen LogP contribution in [0.4, 0.5) is 17.1 Å². The molecule has 9 rings (SSSR count). The third kappa shape index (κ3) is 4.56. The van der Waals surface area contributed by atoms with Gasteiger partial charge in [-0.2, -0.15) is 0 Å². The quantitative estimate of drug-likeness (QED) is 0.136. The highest BCUT2D eigenvalue weighted by Crippen LogP contribution is 2.46. The van der Waals surface area contributed by atoms with Crippen LogP contribution in [0.5, 0.6) is 0 Å². The number of hydrogen-bond donors (Lipinski definition) is 0. The molecular formula is C46H26N4O2. The lowest BCUT2D eigenvalue weighted by Gasteiger charge is -2.23. The Hall–Kier alpha value is -7.54. The van der Waals surface area contributed by atoms with Crippen molar-refractivity contribution in [2.24, 2.45) is 0 Å². The summed E-state index contributed by atoms with van der Waals surface area (Å²) in [7, 11) is 0. The number of rotatable bonds is 5. The molecule has 0 unspecified atom stereocenters. The zero-order valence-electron chi connectivity index (χ0n) is 27.6. The molecule has 7 aromatic carbocycles. The smallest absolute Gasteiger partial charge is 0.268 e. The lowest BCUT2D eigenvalue weighted by atomic mass is 9.95. The van der Waals surface area contributed by atoms with Crippen LogP contribution in [-0.4, -0.2) is 16.4 Å². The highest BCUT2D eigenvalue weighted by atomic mass is 16.2. The Morgan fingerprint density at radius 3 is 1.77 bits per heavy atom. The highest BCUT2D eigenvalue weighted by Gasteiger charge is 2.41. The number of amides is 2. The number of anilines is 1. The zero-order valence-corrected chi connectivity index (χ0v) is 27.6. The number of carbonyl (C=O) groups is 2. The molecule has 0 radical (unpaired) electrons. The summed E-state index contributed by atoms with van der Waals surface area (Å²) >= 11 is 0. The first-order chi connectivity index (χ1) is 25.6. The van der Waals surface area contributed by atoms with E-state index in [9.17, 15) is 4.79 Å². The van der Waals surface area contributed by atoms with E-state index >= 15 is 4.79 Å². The molecule has 2 amide bonds. The Kier molecular flexibility index (Phi) is 7.10. The predicted octanol–water partition coefficient (Wildman–Crippen LogP) is 11.7. The molecule has 2 heterocycles. The topological polar surface area (TPSA) is 51.0 Å². The monoisotopic (exact) mass is 666 g/mol. The minimum Gasteiger partial charge on any atom is -0.308 e. The Balaban J connectivity index is 1.32. The van der Waals surface area contributed by atoms with E-state index in [4.69, 9.17) is 13.1 Å². The van der Waals surface area contributed by atoms with Gasteiger partial charge in [0.05, 0.1) is 46.7 Å². The van der Waals surface area contributed by atoms with Gasteiger partial charge in [-0.3, -0.25) is 9.59 Å². The van der Waals surface area contributed by atoms with Crippen LogP contribution in [0.15, 0.2) is 158 Å². The average molecular weight is 667 g/mol. The number of fused-ring (bicyclic) bond motifs is 4. The van der Waals surface area contributed by atoms with Crippen LogP contribution in [-0.2, 0) is 0 Å². The van der Waals surface area contributed by atoms with Crippen LogP contribution in [0, 0.1) is 13.1 Å². The fraction of sp³-hybridized carbons (Fsp3) is 0. The van der Waals surface area contributed by atoms with Crippen molar-refractivity contribution >= 4 is 50.7 Å². The summed E-state index contributed by atoms with van der Waals surface area (Å²) in [4.78, 5) is 38.5. The van der Waals surface area contributed by atoms with Crippen molar-refractivity contribution < 1.29 is 9.59 Å². The normalized spacial score (nSPS) is 12.2. The van der Waals surface area contributed by atoms with Crippen LogP contribution in [0.2, 0.25) is 0 Å². The van der Waals surface area contributed by atoms with E-state index in [1.54, 1.807) is 18.2 Å². The minimum absolute atomic E-state index is 0.306. The Labute approximate surface area is 299 Å². The fourth-order valence-electron chi connectivity index (χ4n) is 7.54. The summed E-state index contributed by atoms with van der Waals surface area (Å²) in [6.45, 7) is 15.5. The highest BCUT2D eigenvalue weighted by molar-refractivity contribution is 6.37.